The first-order valence-corrected chi connectivity index (χ1v) is 6.99. The highest BCUT2D eigenvalue weighted by Crippen LogP contribution is 2.32. The van der Waals surface area contributed by atoms with E-state index in [9.17, 15) is 13.2 Å². The van der Waals surface area contributed by atoms with Crippen molar-refractivity contribution in [3.05, 3.63) is 70.8 Å². The summed E-state index contributed by atoms with van der Waals surface area (Å²) in [4.78, 5) is 0. The van der Waals surface area contributed by atoms with Crippen molar-refractivity contribution >= 4 is 0 Å². The Morgan fingerprint density at radius 3 is 2.67 bits per heavy atom. The number of halogens is 3. The van der Waals surface area contributed by atoms with E-state index in [4.69, 9.17) is 0 Å². The maximum atomic E-state index is 12.8. The van der Waals surface area contributed by atoms with Crippen LogP contribution in [0.4, 0.5) is 13.2 Å². The van der Waals surface area contributed by atoms with Crippen LogP contribution in [0.25, 0.3) is 0 Å². The van der Waals surface area contributed by atoms with E-state index in [0.717, 1.165) is 24.7 Å². The number of nitrogens with one attached hydrogen (secondary N) is 1. The summed E-state index contributed by atoms with van der Waals surface area (Å²) in [5.41, 5.74) is 2.64. The molecule has 0 aromatic heterocycles. The van der Waals surface area contributed by atoms with Crippen LogP contribution in [0.3, 0.4) is 0 Å². The summed E-state index contributed by atoms with van der Waals surface area (Å²) in [5, 5.41) is 3.33. The van der Waals surface area contributed by atoms with E-state index < -0.39 is 11.7 Å². The van der Waals surface area contributed by atoms with Crippen LogP contribution in [0.5, 0.6) is 0 Å². The maximum Gasteiger partial charge on any atom is 0.416 e. The first-order chi connectivity index (χ1) is 10.0. The molecule has 0 aliphatic carbocycles. The lowest BCUT2D eigenvalue weighted by Gasteiger charge is -2.26. The van der Waals surface area contributed by atoms with Crippen LogP contribution in [0, 0.1) is 0 Å². The molecule has 1 aliphatic heterocycles. The summed E-state index contributed by atoms with van der Waals surface area (Å²) in [6.45, 7) is 1.63. The Hall–Kier alpha value is -1.81. The van der Waals surface area contributed by atoms with Crippen LogP contribution in [-0.2, 0) is 19.1 Å². The van der Waals surface area contributed by atoms with Crippen LogP contribution in [0.15, 0.2) is 48.5 Å². The zero-order valence-corrected chi connectivity index (χ0v) is 11.5. The molecular formula is C17H16F3N. The van der Waals surface area contributed by atoms with Gasteiger partial charge in [-0.3, -0.25) is 0 Å². The highest BCUT2D eigenvalue weighted by atomic mass is 19.4. The average molecular weight is 291 g/mol. The van der Waals surface area contributed by atoms with Gasteiger partial charge in [-0.15, -0.1) is 0 Å². The monoisotopic (exact) mass is 291 g/mol. The van der Waals surface area contributed by atoms with E-state index in [2.05, 4.69) is 17.4 Å². The highest BCUT2D eigenvalue weighted by Gasteiger charge is 2.30. The number of alkyl halides is 3. The lowest BCUT2D eigenvalue weighted by atomic mass is 9.86. The first-order valence-electron chi connectivity index (χ1n) is 6.99. The topological polar surface area (TPSA) is 12.0 Å². The number of benzene rings is 2. The molecule has 0 fully saturated rings. The Morgan fingerprint density at radius 2 is 1.86 bits per heavy atom. The zero-order valence-electron chi connectivity index (χ0n) is 11.5. The second-order valence-corrected chi connectivity index (χ2v) is 5.43. The van der Waals surface area contributed by atoms with Gasteiger partial charge in [-0.1, -0.05) is 42.5 Å². The van der Waals surface area contributed by atoms with E-state index in [1.807, 2.05) is 12.1 Å². The quantitative estimate of drug-likeness (QED) is 0.877. The Morgan fingerprint density at radius 1 is 1.05 bits per heavy atom. The van der Waals surface area contributed by atoms with E-state index in [1.54, 1.807) is 6.07 Å². The molecule has 21 heavy (non-hydrogen) atoms. The second kappa shape index (κ2) is 5.53. The summed E-state index contributed by atoms with van der Waals surface area (Å²) in [6, 6.07) is 13.8. The number of fused-ring (bicyclic) bond motifs is 1. The van der Waals surface area contributed by atoms with Crippen LogP contribution in [0.2, 0.25) is 0 Å². The maximum absolute atomic E-state index is 12.8. The molecule has 1 N–H and O–H groups in total. The van der Waals surface area contributed by atoms with E-state index in [1.165, 1.54) is 23.3 Å². The molecular weight excluding hydrogens is 275 g/mol. The van der Waals surface area contributed by atoms with Crippen molar-refractivity contribution in [2.45, 2.75) is 25.1 Å². The Balaban J connectivity index is 1.85. The fourth-order valence-electron chi connectivity index (χ4n) is 2.93. The van der Waals surface area contributed by atoms with Crippen molar-refractivity contribution in [2.75, 3.05) is 6.54 Å². The van der Waals surface area contributed by atoms with Crippen LogP contribution in [-0.4, -0.2) is 6.54 Å². The van der Waals surface area contributed by atoms with Crippen molar-refractivity contribution in [1.82, 2.24) is 5.32 Å². The lowest BCUT2D eigenvalue weighted by Crippen LogP contribution is -2.29. The van der Waals surface area contributed by atoms with Crippen molar-refractivity contribution in [3.63, 3.8) is 0 Å². The minimum atomic E-state index is -4.28. The van der Waals surface area contributed by atoms with Gasteiger partial charge in [-0.25, -0.2) is 0 Å². The van der Waals surface area contributed by atoms with Gasteiger partial charge in [0.25, 0.3) is 0 Å². The lowest BCUT2D eigenvalue weighted by molar-refractivity contribution is -0.137. The third-order valence-electron chi connectivity index (χ3n) is 3.94. The van der Waals surface area contributed by atoms with E-state index >= 15 is 0 Å². The second-order valence-electron chi connectivity index (χ2n) is 5.43. The molecule has 2 aromatic carbocycles. The molecule has 1 atom stereocenters. The van der Waals surface area contributed by atoms with Gasteiger partial charge in [0.05, 0.1) is 5.56 Å². The van der Waals surface area contributed by atoms with Gasteiger partial charge in [0, 0.05) is 19.0 Å². The number of hydrogen-bond donors (Lipinski definition) is 1. The van der Waals surface area contributed by atoms with Gasteiger partial charge in [0.1, 0.15) is 0 Å². The van der Waals surface area contributed by atoms with Crippen LogP contribution >= 0.6 is 0 Å². The molecule has 0 saturated heterocycles. The Kier molecular flexibility index (Phi) is 3.72. The Labute approximate surface area is 121 Å². The minimum Gasteiger partial charge on any atom is -0.312 e. The van der Waals surface area contributed by atoms with Gasteiger partial charge in [0.15, 0.2) is 0 Å². The molecule has 2 aromatic rings. The standard InChI is InChI=1S/C17H16F3N/c18-17(19,20)15-6-3-4-12(9-15)8-14-11-21-10-13-5-1-2-7-16(13)14/h1-7,9,14,21H,8,10-11H2. The van der Waals surface area contributed by atoms with E-state index in [-0.39, 0.29) is 5.92 Å². The smallest absolute Gasteiger partial charge is 0.312 e. The normalized spacial score (nSPS) is 18.3. The van der Waals surface area contributed by atoms with Gasteiger partial charge in [0.2, 0.25) is 0 Å². The van der Waals surface area contributed by atoms with Crippen molar-refractivity contribution in [2.24, 2.45) is 0 Å². The number of rotatable bonds is 2. The Bertz CT molecular complexity index is 634. The van der Waals surface area contributed by atoms with Crippen molar-refractivity contribution in [3.8, 4) is 0 Å². The van der Waals surface area contributed by atoms with E-state index in [0.29, 0.717) is 6.42 Å². The fraction of sp³-hybridized carbons (Fsp3) is 0.294. The SMILES string of the molecule is FC(F)(F)c1cccc(CC2CNCc3ccccc32)c1. The fourth-order valence-corrected chi connectivity index (χ4v) is 2.93. The summed E-state index contributed by atoms with van der Waals surface area (Å²) in [5.74, 6) is 0.221. The van der Waals surface area contributed by atoms with Gasteiger partial charge in [-0.2, -0.15) is 13.2 Å². The average Bonchev–Trinajstić information content (AvgIpc) is 2.47. The first kappa shape index (κ1) is 14.1. The van der Waals surface area contributed by atoms with Crippen molar-refractivity contribution < 1.29 is 13.2 Å². The molecule has 1 unspecified atom stereocenters. The predicted molar refractivity (Wildman–Crippen MR) is 76.0 cm³/mol. The third-order valence-corrected chi connectivity index (χ3v) is 3.94. The molecule has 4 heteroatoms. The molecule has 1 heterocycles. The largest absolute Gasteiger partial charge is 0.416 e. The van der Waals surface area contributed by atoms with Gasteiger partial charge < -0.3 is 5.32 Å². The molecule has 0 bridgehead atoms. The number of hydrogen-bond acceptors (Lipinski definition) is 1. The molecule has 0 spiro atoms. The van der Waals surface area contributed by atoms with Crippen LogP contribution in [0.1, 0.15) is 28.2 Å². The molecule has 1 aliphatic rings. The summed E-state index contributed by atoms with van der Waals surface area (Å²) in [6.07, 6.45) is -3.66. The molecule has 110 valence electrons. The summed E-state index contributed by atoms with van der Waals surface area (Å²) >= 11 is 0. The third kappa shape index (κ3) is 3.10. The predicted octanol–water partition coefficient (Wildman–Crippen LogP) is 4.13. The molecule has 0 amide bonds. The van der Waals surface area contributed by atoms with Crippen molar-refractivity contribution in [1.29, 1.82) is 0 Å². The molecule has 0 radical (unpaired) electrons. The summed E-state index contributed by atoms with van der Waals surface area (Å²) in [7, 11) is 0. The van der Waals surface area contributed by atoms with Gasteiger partial charge >= 0.3 is 6.18 Å². The zero-order chi connectivity index (χ0) is 14.9. The summed E-state index contributed by atoms with van der Waals surface area (Å²) < 4.78 is 38.3. The highest BCUT2D eigenvalue weighted by molar-refractivity contribution is 5.35. The van der Waals surface area contributed by atoms with Crippen LogP contribution < -0.4 is 5.32 Å². The van der Waals surface area contributed by atoms with Gasteiger partial charge in [-0.05, 0) is 29.2 Å². The molecule has 3 rings (SSSR count). The minimum absolute atomic E-state index is 0.221. The molecule has 1 nitrogen and oxygen atoms in total. The molecule has 0 saturated carbocycles.